The van der Waals surface area contributed by atoms with Crippen molar-refractivity contribution in [1.82, 2.24) is 9.97 Å². The minimum atomic E-state index is 0.125. The van der Waals surface area contributed by atoms with E-state index in [0.29, 0.717) is 22.7 Å². The summed E-state index contributed by atoms with van der Waals surface area (Å²) in [4.78, 5) is 31.3. The Morgan fingerprint density at radius 3 is 1.88 bits per heavy atom. The molecule has 228 valence electrons. The fourth-order valence-electron chi connectivity index (χ4n) is 6.60. The smallest absolute Gasteiger partial charge is 0.227 e. The monoisotopic (exact) mass is 572 g/mol. The summed E-state index contributed by atoms with van der Waals surface area (Å²) in [5.41, 5.74) is 5.60. The fourth-order valence-corrected chi connectivity index (χ4v) is 6.60. The average molecular weight is 573 g/mol. The molecule has 0 aliphatic heterocycles. The van der Waals surface area contributed by atoms with Crippen molar-refractivity contribution in [2.24, 2.45) is 34.5 Å². The maximum atomic E-state index is 12.7. The van der Waals surface area contributed by atoms with E-state index in [1.54, 1.807) is 0 Å². The van der Waals surface area contributed by atoms with Crippen molar-refractivity contribution in [1.29, 1.82) is 0 Å². The molecule has 0 bridgehead atoms. The van der Waals surface area contributed by atoms with Crippen molar-refractivity contribution in [3.8, 4) is 11.4 Å². The molecule has 0 atom stereocenters. The average Bonchev–Trinajstić information content (AvgIpc) is 3.40. The van der Waals surface area contributed by atoms with Crippen LogP contribution in [0.4, 0.5) is 11.4 Å². The van der Waals surface area contributed by atoms with Crippen LogP contribution in [0.25, 0.3) is 22.4 Å². The fraction of sp³-hybridized carbons (Fsp3) is 0.583. The Bertz CT molecular complexity index is 1310. The van der Waals surface area contributed by atoms with E-state index in [1.807, 2.05) is 43.4 Å². The quantitative estimate of drug-likeness (QED) is 0.266. The molecule has 42 heavy (non-hydrogen) atoms. The Labute approximate surface area is 252 Å². The van der Waals surface area contributed by atoms with Crippen LogP contribution in [0.1, 0.15) is 92.9 Å². The normalized spacial score (nSPS) is 23.0. The number of aldehydes is 1. The Kier molecular flexibility index (Phi) is 10.2. The van der Waals surface area contributed by atoms with Gasteiger partial charge in [0.05, 0.1) is 11.0 Å². The van der Waals surface area contributed by atoms with Crippen molar-refractivity contribution in [3.05, 3.63) is 42.5 Å². The molecule has 1 aromatic heterocycles. The van der Waals surface area contributed by atoms with Gasteiger partial charge in [-0.3, -0.25) is 4.79 Å². The number of imidazole rings is 1. The van der Waals surface area contributed by atoms with Crippen molar-refractivity contribution in [2.45, 2.75) is 92.9 Å². The molecule has 2 fully saturated rings. The van der Waals surface area contributed by atoms with E-state index in [1.165, 1.54) is 12.8 Å². The lowest BCUT2D eigenvalue weighted by atomic mass is 9.69. The first-order chi connectivity index (χ1) is 19.9. The molecule has 2 aliphatic rings. The molecule has 1 heterocycles. The van der Waals surface area contributed by atoms with Gasteiger partial charge in [-0.2, -0.15) is 0 Å². The second-order valence-electron chi connectivity index (χ2n) is 14.7. The first-order valence-electron chi connectivity index (χ1n) is 15.9. The van der Waals surface area contributed by atoms with E-state index in [9.17, 15) is 9.59 Å². The van der Waals surface area contributed by atoms with Gasteiger partial charge in [-0.1, -0.05) is 41.5 Å². The van der Waals surface area contributed by atoms with Crippen molar-refractivity contribution in [2.75, 3.05) is 17.7 Å². The summed E-state index contributed by atoms with van der Waals surface area (Å²) in [5.74, 6) is 3.02. The van der Waals surface area contributed by atoms with Crippen molar-refractivity contribution >= 4 is 34.6 Å². The largest absolute Gasteiger partial charge is 0.388 e. The number of hydrogen-bond acceptors (Lipinski definition) is 4. The van der Waals surface area contributed by atoms with Gasteiger partial charge in [0.15, 0.2) is 0 Å². The number of nitrogens with zero attached hydrogens (tertiary/aromatic N) is 1. The number of aromatic amines is 1. The van der Waals surface area contributed by atoms with E-state index >= 15 is 0 Å². The predicted molar refractivity (Wildman–Crippen MR) is 176 cm³/mol. The number of carbonyl (C=O) groups excluding carboxylic acids is 2. The molecule has 3 aromatic rings. The van der Waals surface area contributed by atoms with Crippen LogP contribution in [-0.2, 0) is 9.59 Å². The Morgan fingerprint density at radius 2 is 1.36 bits per heavy atom. The Hall–Kier alpha value is -3.15. The molecule has 2 aliphatic carbocycles. The molecule has 5 rings (SSSR count). The molecule has 0 spiro atoms. The zero-order valence-electron chi connectivity index (χ0n) is 26.8. The molecule has 3 N–H and O–H groups in total. The number of aromatic nitrogens is 2. The predicted octanol–water partition coefficient (Wildman–Crippen LogP) is 9.10. The van der Waals surface area contributed by atoms with Crippen LogP contribution in [0.3, 0.4) is 0 Å². The summed E-state index contributed by atoms with van der Waals surface area (Å²) in [6.45, 7) is 13.8. The number of hydrogen-bond donors (Lipinski definition) is 3. The SMILES string of the molecule is CC(C)(C)C1CCC(C=O)CC1.CNc1ccc2nc(-c3ccc(NC(=O)C4CCC(C(C)(C)C)CC4)cc3)[nH]c2c1. The third-order valence-corrected chi connectivity index (χ3v) is 9.71. The first-order valence-corrected chi connectivity index (χ1v) is 15.9. The highest BCUT2D eigenvalue weighted by Crippen LogP contribution is 2.40. The van der Waals surface area contributed by atoms with Gasteiger partial charge in [0, 0.05) is 35.8 Å². The lowest BCUT2D eigenvalue weighted by Gasteiger charge is -2.36. The third-order valence-electron chi connectivity index (χ3n) is 9.71. The Morgan fingerprint density at radius 1 is 0.810 bits per heavy atom. The highest BCUT2D eigenvalue weighted by molar-refractivity contribution is 5.93. The van der Waals surface area contributed by atoms with E-state index < -0.39 is 0 Å². The lowest BCUT2D eigenvalue weighted by Crippen LogP contribution is -2.31. The van der Waals surface area contributed by atoms with Crippen LogP contribution in [0.15, 0.2) is 42.5 Å². The summed E-state index contributed by atoms with van der Waals surface area (Å²) < 4.78 is 0. The number of nitrogens with one attached hydrogen (secondary N) is 3. The third kappa shape index (κ3) is 8.23. The van der Waals surface area contributed by atoms with Gasteiger partial charge in [0.25, 0.3) is 0 Å². The zero-order chi connectivity index (χ0) is 30.5. The van der Waals surface area contributed by atoms with Crippen LogP contribution in [-0.4, -0.2) is 29.2 Å². The van der Waals surface area contributed by atoms with E-state index in [-0.39, 0.29) is 11.8 Å². The Balaban J connectivity index is 0.000000283. The maximum Gasteiger partial charge on any atom is 0.227 e. The number of rotatable bonds is 5. The molecule has 1 amide bonds. The summed E-state index contributed by atoms with van der Waals surface area (Å²) >= 11 is 0. The minimum absolute atomic E-state index is 0.125. The van der Waals surface area contributed by atoms with Gasteiger partial charge in [-0.05, 0) is 116 Å². The van der Waals surface area contributed by atoms with Crippen LogP contribution in [0.5, 0.6) is 0 Å². The number of carbonyl (C=O) groups is 2. The van der Waals surface area contributed by atoms with Crippen LogP contribution < -0.4 is 10.6 Å². The van der Waals surface area contributed by atoms with Crippen LogP contribution in [0, 0.1) is 34.5 Å². The minimum Gasteiger partial charge on any atom is -0.388 e. The van der Waals surface area contributed by atoms with Crippen molar-refractivity contribution < 1.29 is 9.59 Å². The molecule has 6 heteroatoms. The standard InChI is InChI=1S/C25H32N4O.C11H20O/c1-25(2,3)18-9-5-17(6-10-18)24(30)27-19-11-7-16(8-12-19)23-28-21-14-13-20(26-4)15-22(21)29-23;1-11(2,3)10-6-4-9(8-12)5-7-10/h7-8,11-15,17-18,26H,5-6,9-10H2,1-4H3,(H,27,30)(H,28,29);8-10H,4-7H2,1-3H3. The highest BCUT2D eigenvalue weighted by Gasteiger charge is 2.32. The second kappa shape index (κ2) is 13.4. The molecule has 0 radical (unpaired) electrons. The molecule has 2 aromatic carbocycles. The van der Waals surface area contributed by atoms with Gasteiger partial charge < -0.3 is 20.4 Å². The molecular weight excluding hydrogens is 520 g/mol. The summed E-state index contributed by atoms with van der Waals surface area (Å²) in [5, 5.41) is 6.25. The van der Waals surface area contributed by atoms with E-state index in [0.717, 1.165) is 84.5 Å². The molecule has 6 nitrogen and oxygen atoms in total. The van der Waals surface area contributed by atoms with E-state index in [2.05, 4.69) is 68.2 Å². The summed E-state index contributed by atoms with van der Waals surface area (Å²) in [6, 6.07) is 14.0. The maximum absolute atomic E-state index is 12.7. The second-order valence-corrected chi connectivity index (χ2v) is 14.7. The van der Waals surface area contributed by atoms with Crippen LogP contribution in [0.2, 0.25) is 0 Å². The number of H-pyrrole nitrogens is 1. The number of amides is 1. The summed E-state index contributed by atoms with van der Waals surface area (Å²) in [6.07, 6.45) is 10.1. The first kappa shape index (κ1) is 31.8. The lowest BCUT2D eigenvalue weighted by molar-refractivity contribution is -0.121. The number of benzene rings is 2. The highest BCUT2D eigenvalue weighted by atomic mass is 16.1. The van der Waals surface area contributed by atoms with Crippen LogP contribution >= 0.6 is 0 Å². The molecular formula is C36H52N4O2. The molecule has 0 unspecified atom stereocenters. The topological polar surface area (TPSA) is 86.9 Å². The van der Waals surface area contributed by atoms with Gasteiger partial charge in [0.2, 0.25) is 5.91 Å². The van der Waals surface area contributed by atoms with Gasteiger partial charge in [-0.15, -0.1) is 0 Å². The van der Waals surface area contributed by atoms with Gasteiger partial charge >= 0.3 is 0 Å². The van der Waals surface area contributed by atoms with Crippen molar-refractivity contribution in [3.63, 3.8) is 0 Å². The van der Waals surface area contributed by atoms with E-state index in [4.69, 9.17) is 0 Å². The number of fused-ring (bicyclic) bond motifs is 1. The summed E-state index contributed by atoms with van der Waals surface area (Å²) in [7, 11) is 1.90. The zero-order valence-corrected chi connectivity index (χ0v) is 26.8. The molecule has 0 saturated heterocycles. The van der Waals surface area contributed by atoms with Gasteiger partial charge in [0.1, 0.15) is 12.1 Å². The number of anilines is 2. The van der Waals surface area contributed by atoms with Gasteiger partial charge in [-0.25, -0.2) is 4.98 Å². The molecule has 2 saturated carbocycles.